The number of nitrogens with zero attached hydrogens (tertiary/aromatic N) is 1. The number of amides is 1. The topological polar surface area (TPSA) is 20.3 Å². The Morgan fingerprint density at radius 2 is 2.12 bits per heavy atom. The van der Waals surface area contributed by atoms with Crippen LogP contribution in [0.2, 0.25) is 0 Å². The lowest BCUT2D eigenvalue weighted by Crippen LogP contribution is -2.46. The molecule has 1 aromatic heterocycles. The van der Waals surface area contributed by atoms with E-state index in [1.807, 2.05) is 19.9 Å². The van der Waals surface area contributed by atoms with Crippen molar-refractivity contribution in [3.05, 3.63) is 19.2 Å². The Morgan fingerprint density at radius 3 is 2.50 bits per heavy atom. The van der Waals surface area contributed by atoms with E-state index in [0.717, 1.165) is 7.57 Å². The summed E-state index contributed by atoms with van der Waals surface area (Å²) in [4.78, 5) is 13.9. The first-order valence-electron chi connectivity index (χ1n) is 4.58. The summed E-state index contributed by atoms with van der Waals surface area (Å²) >= 11 is 14.1. The largest absolute Gasteiger partial charge is 0.335 e. The maximum atomic E-state index is 12.2. The van der Waals surface area contributed by atoms with Gasteiger partial charge in [-0.25, -0.2) is 0 Å². The van der Waals surface area contributed by atoms with Gasteiger partial charge in [-0.1, -0.05) is 0 Å². The van der Waals surface area contributed by atoms with Crippen LogP contribution < -0.4 is 0 Å². The van der Waals surface area contributed by atoms with Gasteiger partial charge in [-0.2, -0.15) is 0 Å². The number of thiophene rings is 1. The Kier molecular flexibility index (Phi) is 4.87. The molecule has 0 aliphatic carbocycles. The van der Waals surface area contributed by atoms with Gasteiger partial charge in [-0.05, 0) is 51.8 Å². The molecule has 0 aromatic carbocycles. The third-order valence-electron chi connectivity index (χ3n) is 2.43. The molecule has 0 saturated carbocycles. The first-order valence-corrected chi connectivity index (χ1v) is 7.52. The molecule has 0 N–H and O–H groups in total. The second-order valence-corrected chi connectivity index (χ2v) is 8.06. The molecule has 16 heavy (non-hydrogen) atoms. The van der Waals surface area contributed by atoms with Crippen molar-refractivity contribution in [3.63, 3.8) is 0 Å². The van der Waals surface area contributed by atoms with E-state index in [-0.39, 0.29) is 11.4 Å². The molecule has 0 unspecified atom stereocenters. The van der Waals surface area contributed by atoms with Gasteiger partial charge >= 0.3 is 0 Å². The van der Waals surface area contributed by atoms with Crippen molar-refractivity contribution in [1.82, 2.24) is 4.90 Å². The van der Waals surface area contributed by atoms with E-state index >= 15 is 0 Å². The summed E-state index contributed by atoms with van der Waals surface area (Å²) in [6.07, 6.45) is 0. The normalized spacial score (nSPS) is 11.6. The highest BCUT2D eigenvalue weighted by atomic mass is 79.9. The van der Waals surface area contributed by atoms with Crippen LogP contribution in [0.1, 0.15) is 24.2 Å². The molecule has 1 amide bonds. The zero-order valence-electron chi connectivity index (χ0n) is 9.18. The second-order valence-electron chi connectivity index (χ2n) is 4.05. The highest BCUT2D eigenvalue weighted by molar-refractivity contribution is 9.12. The molecule has 6 heteroatoms. The molecule has 0 fully saturated rings. The molecule has 0 bridgehead atoms. The van der Waals surface area contributed by atoms with E-state index in [0.29, 0.717) is 11.4 Å². The number of hydrogen-bond acceptors (Lipinski definition) is 2. The van der Waals surface area contributed by atoms with E-state index in [4.69, 9.17) is 11.6 Å². The van der Waals surface area contributed by atoms with Gasteiger partial charge in [0, 0.05) is 12.9 Å². The zero-order valence-corrected chi connectivity index (χ0v) is 13.9. The van der Waals surface area contributed by atoms with Crippen molar-refractivity contribution in [2.75, 3.05) is 12.9 Å². The van der Waals surface area contributed by atoms with E-state index in [9.17, 15) is 4.79 Å². The van der Waals surface area contributed by atoms with Crippen molar-refractivity contribution in [3.8, 4) is 0 Å². The summed E-state index contributed by atoms with van der Waals surface area (Å²) in [5.74, 6) is 0.373. The Labute approximate surface area is 121 Å². The maximum absolute atomic E-state index is 12.2. The fraction of sp³-hybridized carbons (Fsp3) is 0.500. The monoisotopic (exact) mass is 387 g/mol. The van der Waals surface area contributed by atoms with Crippen molar-refractivity contribution < 1.29 is 4.79 Å². The lowest BCUT2D eigenvalue weighted by Gasteiger charge is -2.33. The van der Waals surface area contributed by atoms with Crippen molar-refractivity contribution in [1.29, 1.82) is 0 Å². The Bertz CT molecular complexity index is 406. The standard InChI is InChI=1S/C10H12Br2ClNOS/c1-10(2,5-13)14(3)9(15)6-4-7(11)16-8(6)12/h4H,5H2,1-3H3. The fourth-order valence-corrected chi connectivity index (χ4v) is 3.99. The minimum atomic E-state index is -0.355. The highest BCUT2D eigenvalue weighted by Crippen LogP contribution is 2.33. The first kappa shape index (κ1) is 14.5. The molecule has 90 valence electrons. The minimum Gasteiger partial charge on any atom is -0.335 e. The number of carbonyl (C=O) groups is 1. The Balaban J connectivity index is 2.99. The van der Waals surface area contributed by atoms with E-state index in [1.54, 1.807) is 11.9 Å². The lowest BCUT2D eigenvalue weighted by atomic mass is 10.1. The fourth-order valence-electron chi connectivity index (χ4n) is 1.03. The molecule has 2 nitrogen and oxygen atoms in total. The minimum absolute atomic E-state index is 0.0283. The predicted molar refractivity (Wildman–Crippen MR) is 76.6 cm³/mol. The smallest absolute Gasteiger partial charge is 0.256 e. The van der Waals surface area contributed by atoms with Gasteiger partial charge < -0.3 is 4.90 Å². The van der Waals surface area contributed by atoms with Crippen LogP contribution in [0.3, 0.4) is 0 Å². The average molecular weight is 390 g/mol. The molecular weight excluding hydrogens is 377 g/mol. The van der Waals surface area contributed by atoms with Gasteiger partial charge in [0.2, 0.25) is 0 Å². The van der Waals surface area contributed by atoms with Crippen molar-refractivity contribution in [2.24, 2.45) is 0 Å². The molecule has 0 atom stereocenters. The van der Waals surface area contributed by atoms with Crippen LogP contribution in [-0.4, -0.2) is 29.3 Å². The van der Waals surface area contributed by atoms with Crippen LogP contribution >= 0.6 is 54.8 Å². The van der Waals surface area contributed by atoms with Crippen molar-refractivity contribution >= 4 is 60.7 Å². The zero-order chi connectivity index (χ0) is 12.5. The van der Waals surface area contributed by atoms with Gasteiger partial charge in [0.05, 0.1) is 18.7 Å². The molecular formula is C10H12Br2ClNOS. The van der Waals surface area contributed by atoms with Crippen LogP contribution in [0, 0.1) is 0 Å². The van der Waals surface area contributed by atoms with Crippen LogP contribution in [0.5, 0.6) is 0 Å². The second kappa shape index (κ2) is 5.38. The van der Waals surface area contributed by atoms with Crippen molar-refractivity contribution in [2.45, 2.75) is 19.4 Å². The third-order valence-corrected chi connectivity index (χ3v) is 5.42. The summed E-state index contributed by atoms with van der Waals surface area (Å²) in [6, 6.07) is 1.82. The number of alkyl halides is 1. The summed E-state index contributed by atoms with van der Waals surface area (Å²) in [6.45, 7) is 3.88. The predicted octanol–water partition coefficient (Wildman–Crippen LogP) is 4.36. The highest BCUT2D eigenvalue weighted by Gasteiger charge is 2.29. The average Bonchev–Trinajstić information content (AvgIpc) is 2.55. The van der Waals surface area contributed by atoms with Gasteiger partial charge in [0.25, 0.3) is 5.91 Å². The van der Waals surface area contributed by atoms with Crippen LogP contribution in [0.4, 0.5) is 0 Å². The van der Waals surface area contributed by atoms with E-state index in [1.165, 1.54) is 11.3 Å². The summed E-state index contributed by atoms with van der Waals surface area (Å²) in [7, 11) is 1.77. The summed E-state index contributed by atoms with van der Waals surface area (Å²) in [5, 5.41) is 0. The van der Waals surface area contributed by atoms with Gasteiger partial charge in [0.1, 0.15) is 0 Å². The SMILES string of the molecule is CN(C(=O)c1cc(Br)sc1Br)C(C)(C)CCl. The number of halogens is 3. The Hall–Kier alpha value is 0.420. The molecule has 0 aliphatic rings. The number of hydrogen-bond donors (Lipinski definition) is 0. The number of carbonyl (C=O) groups excluding carboxylic acids is 1. The molecule has 1 aromatic rings. The van der Waals surface area contributed by atoms with Crippen LogP contribution in [0.15, 0.2) is 13.6 Å². The van der Waals surface area contributed by atoms with Gasteiger partial charge in [-0.15, -0.1) is 22.9 Å². The van der Waals surface area contributed by atoms with Crippen LogP contribution in [-0.2, 0) is 0 Å². The molecule has 0 spiro atoms. The quantitative estimate of drug-likeness (QED) is 0.704. The van der Waals surface area contributed by atoms with Gasteiger partial charge in [0.15, 0.2) is 0 Å². The third kappa shape index (κ3) is 3.00. The first-order chi connectivity index (χ1) is 7.29. The lowest BCUT2D eigenvalue weighted by molar-refractivity contribution is 0.0660. The Morgan fingerprint density at radius 1 is 1.56 bits per heavy atom. The van der Waals surface area contributed by atoms with Crippen LogP contribution in [0.25, 0.3) is 0 Å². The van der Waals surface area contributed by atoms with E-state index < -0.39 is 0 Å². The molecule has 0 aliphatic heterocycles. The molecule has 1 rings (SSSR count). The molecule has 1 heterocycles. The summed E-state index contributed by atoms with van der Waals surface area (Å²) in [5.41, 5.74) is 0.310. The molecule has 0 saturated heterocycles. The number of rotatable bonds is 3. The summed E-state index contributed by atoms with van der Waals surface area (Å²) < 4.78 is 1.77. The maximum Gasteiger partial charge on any atom is 0.256 e. The van der Waals surface area contributed by atoms with E-state index in [2.05, 4.69) is 31.9 Å². The molecule has 0 radical (unpaired) electrons. The van der Waals surface area contributed by atoms with Gasteiger partial charge in [-0.3, -0.25) is 4.79 Å².